The van der Waals surface area contributed by atoms with Crippen molar-refractivity contribution in [2.75, 3.05) is 0 Å². The average Bonchev–Trinajstić information content (AvgIpc) is 2.50. The van der Waals surface area contributed by atoms with Crippen LogP contribution >= 0.6 is 11.7 Å². The van der Waals surface area contributed by atoms with Crippen LogP contribution in [-0.4, -0.2) is 8.75 Å². The smallest absolute Gasteiger partial charge is 0.108 e. The molecule has 0 bridgehead atoms. The number of aryl methyl sites for hydroxylation is 1. The van der Waals surface area contributed by atoms with Gasteiger partial charge in [0.15, 0.2) is 0 Å². The van der Waals surface area contributed by atoms with Gasteiger partial charge in [0.2, 0.25) is 0 Å². The van der Waals surface area contributed by atoms with Crippen LogP contribution in [0, 0.1) is 6.92 Å². The fourth-order valence-corrected chi connectivity index (χ4v) is 2.25. The van der Waals surface area contributed by atoms with Crippen molar-refractivity contribution < 1.29 is 0 Å². The van der Waals surface area contributed by atoms with Crippen LogP contribution in [0.4, 0.5) is 0 Å². The molecule has 0 atom stereocenters. The molecule has 0 radical (unpaired) electrons. The van der Waals surface area contributed by atoms with Crippen LogP contribution in [0.5, 0.6) is 0 Å². The predicted octanol–water partition coefficient (Wildman–Crippen LogP) is 3.12. The topological polar surface area (TPSA) is 25.8 Å². The summed E-state index contributed by atoms with van der Waals surface area (Å²) >= 11 is 1.29. The van der Waals surface area contributed by atoms with Crippen LogP contribution in [0.2, 0.25) is 0 Å². The molecule has 3 heteroatoms. The minimum atomic E-state index is 0.521. The molecule has 0 N–H and O–H groups in total. The highest BCUT2D eigenvalue weighted by molar-refractivity contribution is 7.00. The van der Waals surface area contributed by atoms with Crippen molar-refractivity contribution in [3.8, 4) is 0 Å². The minimum absolute atomic E-state index is 0.521. The zero-order valence-corrected chi connectivity index (χ0v) is 8.85. The van der Waals surface area contributed by atoms with E-state index in [1.807, 2.05) is 6.07 Å². The second kappa shape index (κ2) is 3.07. The van der Waals surface area contributed by atoms with Gasteiger partial charge in [0, 0.05) is 0 Å². The number of rotatable bonds is 1. The Morgan fingerprint density at radius 3 is 2.69 bits per heavy atom. The van der Waals surface area contributed by atoms with Gasteiger partial charge < -0.3 is 0 Å². The van der Waals surface area contributed by atoms with Crippen LogP contribution in [-0.2, 0) is 0 Å². The summed E-state index contributed by atoms with van der Waals surface area (Å²) in [7, 11) is 0. The standard InChI is InChI=1S/C10H12N2S/c1-6(2)9-7(3)4-5-8-10(9)12-13-11-8/h4-6H,1-3H3. The lowest BCUT2D eigenvalue weighted by atomic mass is 9.96. The molecule has 0 saturated carbocycles. The summed E-state index contributed by atoms with van der Waals surface area (Å²) in [6.45, 7) is 6.52. The van der Waals surface area contributed by atoms with Gasteiger partial charge in [-0.3, -0.25) is 0 Å². The van der Waals surface area contributed by atoms with Gasteiger partial charge in [0.1, 0.15) is 11.0 Å². The fraction of sp³-hybridized carbons (Fsp3) is 0.400. The van der Waals surface area contributed by atoms with Crippen molar-refractivity contribution in [1.82, 2.24) is 8.75 Å². The van der Waals surface area contributed by atoms with E-state index in [9.17, 15) is 0 Å². The summed E-state index contributed by atoms with van der Waals surface area (Å²) in [6, 6.07) is 4.17. The van der Waals surface area contributed by atoms with Crippen molar-refractivity contribution in [1.29, 1.82) is 0 Å². The third kappa shape index (κ3) is 1.33. The van der Waals surface area contributed by atoms with Gasteiger partial charge in [-0.1, -0.05) is 19.9 Å². The molecule has 1 heterocycles. The third-order valence-electron chi connectivity index (χ3n) is 2.26. The molecule has 0 amide bonds. The molecule has 68 valence electrons. The van der Waals surface area contributed by atoms with Crippen molar-refractivity contribution >= 4 is 22.8 Å². The molecule has 2 nitrogen and oxygen atoms in total. The maximum Gasteiger partial charge on any atom is 0.108 e. The van der Waals surface area contributed by atoms with Crippen molar-refractivity contribution in [3.05, 3.63) is 23.3 Å². The van der Waals surface area contributed by atoms with Crippen molar-refractivity contribution in [2.24, 2.45) is 0 Å². The van der Waals surface area contributed by atoms with Crippen LogP contribution in [0.25, 0.3) is 11.0 Å². The van der Waals surface area contributed by atoms with Gasteiger partial charge in [0.05, 0.1) is 11.7 Å². The third-order valence-corrected chi connectivity index (χ3v) is 2.80. The van der Waals surface area contributed by atoms with Crippen molar-refractivity contribution in [3.63, 3.8) is 0 Å². The second-order valence-corrected chi connectivity index (χ2v) is 4.11. The highest BCUT2D eigenvalue weighted by atomic mass is 32.1. The van der Waals surface area contributed by atoms with Gasteiger partial charge in [-0.15, -0.1) is 0 Å². The van der Waals surface area contributed by atoms with E-state index < -0.39 is 0 Å². The number of aromatic nitrogens is 2. The summed E-state index contributed by atoms with van der Waals surface area (Å²) in [6.07, 6.45) is 0. The monoisotopic (exact) mass is 192 g/mol. The highest BCUT2D eigenvalue weighted by Crippen LogP contribution is 2.26. The molecular weight excluding hydrogens is 180 g/mol. The Hall–Kier alpha value is -0.960. The Morgan fingerprint density at radius 2 is 2.00 bits per heavy atom. The van der Waals surface area contributed by atoms with E-state index in [0.29, 0.717) is 5.92 Å². The fourth-order valence-electron chi connectivity index (χ4n) is 1.70. The quantitative estimate of drug-likeness (QED) is 0.693. The van der Waals surface area contributed by atoms with Gasteiger partial charge in [-0.2, -0.15) is 8.75 Å². The van der Waals surface area contributed by atoms with E-state index in [-0.39, 0.29) is 0 Å². The lowest BCUT2D eigenvalue weighted by molar-refractivity contribution is 0.864. The van der Waals surface area contributed by atoms with Crippen LogP contribution < -0.4 is 0 Å². The number of fused-ring (bicyclic) bond motifs is 1. The highest BCUT2D eigenvalue weighted by Gasteiger charge is 2.10. The number of hydrogen-bond donors (Lipinski definition) is 0. The molecule has 1 aromatic carbocycles. The first-order valence-electron chi connectivity index (χ1n) is 4.42. The van der Waals surface area contributed by atoms with E-state index in [4.69, 9.17) is 0 Å². The van der Waals surface area contributed by atoms with Crippen LogP contribution in [0.15, 0.2) is 12.1 Å². The molecule has 0 aliphatic heterocycles. The molecule has 0 spiro atoms. The molecule has 1 aromatic heterocycles. The summed E-state index contributed by atoms with van der Waals surface area (Å²) in [5.41, 5.74) is 4.76. The Balaban J connectivity index is 2.80. The number of nitrogens with zero attached hydrogens (tertiary/aromatic N) is 2. The molecule has 0 fully saturated rings. The molecule has 13 heavy (non-hydrogen) atoms. The first-order chi connectivity index (χ1) is 6.20. The van der Waals surface area contributed by atoms with Crippen LogP contribution in [0.3, 0.4) is 0 Å². The maximum absolute atomic E-state index is 4.33. The molecule has 0 unspecified atom stereocenters. The van der Waals surface area contributed by atoms with Crippen molar-refractivity contribution in [2.45, 2.75) is 26.7 Å². The normalized spacial score (nSPS) is 11.4. The SMILES string of the molecule is Cc1ccc2nsnc2c1C(C)C. The lowest BCUT2D eigenvalue weighted by Gasteiger charge is -2.08. The lowest BCUT2D eigenvalue weighted by Crippen LogP contribution is -1.93. The Bertz CT molecular complexity index is 431. The first kappa shape index (κ1) is 8.63. The molecule has 0 aliphatic rings. The predicted molar refractivity (Wildman–Crippen MR) is 56.2 cm³/mol. The second-order valence-electron chi connectivity index (χ2n) is 3.58. The van der Waals surface area contributed by atoms with Gasteiger partial charge in [-0.05, 0) is 30.0 Å². The van der Waals surface area contributed by atoms with E-state index >= 15 is 0 Å². The summed E-state index contributed by atoms with van der Waals surface area (Å²) < 4.78 is 8.56. The molecule has 0 saturated heterocycles. The molecule has 0 aliphatic carbocycles. The summed E-state index contributed by atoms with van der Waals surface area (Å²) in [4.78, 5) is 0. The van der Waals surface area contributed by atoms with E-state index in [0.717, 1.165) is 11.0 Å². The summed E-state index contributed by atoms with van der Waals surface area (Å²) in [5.74, 6) is 0.521. The van der Waals surface area contributed by atoms with E-state index in [1.165, 1.54) is 22.9 Å². The number of hydrogen-bond acceptors (Lipinski definition) is 3. The Morgan fingerprint density at radius 1 is 1.23 bits per heavy atom. The zero-order valence-electron chi connectivity index (χ0n) is 8.03. The largest absolute Gasteiger partial charge is 0.173 e. The minimum Gasteiger partial charge on any atom is -0.173 e. The van der Waals surface area contributed by atoms with E-state index in [1.54, 1.807) is 0 Å². The summed E-state index contributed by atoms with van der Waals surface area (Å²) in [5, 5.41) is 0. The number of benzene rings is 1. The van der Waals surface area contributed by atoms with Gasteiger partial charge in [0.25, 0.3) is 0 Å². The average molecular weight is 192 g/mol. The molecule has 2 rings (SSSR count). The Labute approximate surface area is 81.9 Å². The molecule has 2 aromatic rings. The maximum atomic E-state index is 4.33. The van der Waals surface area contributed by atoms with Gasteiger partial charge in [-0.25, -0.2) is 0 Å². The van der Waals surface area contributed by atoms with E-state index in [2.05, 4.69) is 35.6 Å². The molecular formula is C10H12N2S. The van der Waals surface area contributed by atoms with Crippen LogP contribution in [0.1, 0.15) is 30.9 Å². The Kier molecular flexibility index (Phi) is 2.04. The zero-order chi connectivity index (χ0) is 9.42. The first-order valence-corrected chi connectivity index (χ1v) is 5.15. The van der Waals surface area contributed by atoms with Gasteiger partial charge >= 0.3 is 0 Å².